The van der Waals surface area contributed by atoms with E-state index in [4.69, 9.17) is 0 Å². The molecule has 0 aromatic carbocycles. The number of aromatic nitrogens is 5. The second-order valence-corrected chi connectivity index (χ2v) is 3.20. The lowest BCUT2D eigenvalue weighted by molar-refractivity contribution is 0.809. The molecule has 0 spiro atoms. The fraction of sp³-hybridized carbons (Fsp3) is 0.333. The smallest absolute Gasteiger partial charge is 0.151 e. The van der Waals surface area contributed by atoms with Gasteiger partial charge < -0.3 is 9.88 Å². The molecule has 2 heterocycles. The summed E-state index contributed by atoms with van der Waals surface area (Å²) in [6.07, 6.45) is 3.39. The van der Waals surface area contributed by atoms with Gasteiger partial charge in [0.25, 0.3) is 0 Å². The number of aryl methyl sites for hydroxylation is 2. The zero-order chi connectivity index (χ0) is 10.7. The standard InChI is InChI=1S/C9H12N6/c1-7-10-4-3-8(13-7)11-5-9-14-12-6-15(9)2/h3-4,6H,5H2,1-2H3,(H,10,11,13). The largest absolute Gasteiger partial charge is 0.363 e. The van der Waals surface area contributed by atoms with Crippen molar-refractivity contribution in [3.8, 4) is 0 Å². The highest BCUT2D eigenvalue weighted by atomic mass is 15.3. The highest BCUT2D eigenvalue weighted by Crippen LogP contribution is 2.03. The molecule has 2 aromatic heterocycles. The van der Waals surface area contributed by atoms with Gasteiger partial charge in [-0.1, -0.05) is 0 Å². The van der Waals surface area contributed by atoms with E-state index in [0.717, 1.165) is 17.5 Å². The molecule has 6 nitrogen and oxygen atoms in total. The highest BCUT2D eigenvalue weighted by Gasteiger charge is 2.00. The van der Waals surface area contributed by atoms with Crippen molar-refractivity contribution >= 4 is 5.82 Å². The van der Waals surface area contributed by atoms with Gasteiger partial charge in [0, 0.05) is 13.2 Å². The van der Waals surface area contributed by atoms with E-state index in [-0.39, 0.29) is 0 Å². The van der Waals surface area contributed by atoms with Crippen molar-refractivity contribution in [1.29, 1.82) is 0 Å². The zero-order valence-electron chi connectivity index (χ0n) is 8.68. The van der Waals surface area contributed by atoms with Crippen molar-refractivity contribution in [2.75, 3.05) is 5.32 Å². The summed E-state index contributed by atoms with van der Waals surface area (Å²) >= 11 is 0. The van der Waals surface area contributed by atoms with Crippen LogP contribution in [0.15, 0.2) is 18.6 Å². The van der Waals surface area contributed by atoms with E-state index < -0.39 is 0 Å². The van der Waals surface area contributed by atoms with Gasteiger partial charge in [0.2, 0.25) is 0 Å². The first-order valence-electron chi connectivity index (χ1n) is 4.62. The van der Waals surface area contributed by atoms with Crippen LogP contribution in [-0.4, -0.2) is 24.7 Å². The molecule has 1 N–H and O–H groups in total. The van der Waals surface area contributed by atoms with Gasteiger partial charge in [0.15, 0.2) is 5.82 Å². The highest BCUT2D eigenvalue weighted by molar-refractivity contribution is 5.32. The first-order chi connectivity index (χ1) is 7.25. The lowest BCUT2D eigenvalue weighted by Crippen LogP contribution is -2.07. The number of nitrogens with one attached hydrogen (secondary N) is 1. The van der Waals surface area contributed by atoms with E-state index in [0.29, 0.717) is 6.54 Å². The molecule has 0 bridgehead atoms. The van der Waals surface area contributed by atoms with Crippen LogP contribution in [0.1, 0.15) is 11.6 Å². The zero-order valence-corrected chi connectivity index (χ0v) is 8.68. The minimum Gasteiger partial charge on any atom is -0.363 e. The molecular weight excluding hydrogens is 192 g/mol. The molecule has 0 amide bonds. The van der Waals surface area contributed by atoms with Gasteiger partial charge in [-0.05, 0) is 13.0 Å². The summed E-state index contributed by atoms with van der Waals surface area (Å²) in [7, 11) is 1.91. The Labute approximate surface area is 87.4 Å². The average Bonchev–Trinajstić information content (AvgIpc) is 2.61. The summed E-state index contributed by atoms with van der Waals surface area (Å²) < 4.78 is 1.86. The van der Waals surface area contributed by atoms with Crippen LogP contribution in [-0.2, 0) is 13.6 Å². The molecule has 0 aliphatic heterocycles. The molecule has 6 heteroatoms. The summed E-state index contributed by atoms with van der Waals surface area (Å²) in [5.41, 5.74) is 0. The Balaban J connectivity index is 2.02. The Bertz CT molecular complexity index is 449. The lowest BCUT2D eigenvalue weighted by atomic mass is 10.5. The minimum atomic E-state index is 0.604. The summed E-state index contributed by atoms with van der Waals surface area (Å²) in [5, 5.41) is 10.9. The number of hydrogen-bond donors (Lipinski definition) is 1. The molecule has 78 valence electrons. The van der Waals surface area contributed by atoms with E-state index in [1.54, 1.807) is 12.5 Å². The van der Waals surface area contributed by atoms with Gasteiger partial charge in [-0.3, -0.25) is 0 Å². The van der Waals surface area contributed by atoms with E-state index in [2.05, 4.69) is 25.5 Å². The van der Waals surface area contributed by atoms with Crippen LogP contribution in [0.4, 0.5) is 5.82 Å². The van der Waals surface area contributed by atoms with Crippen molar-refractivity contribution in [1.82, 2.24) is 24.7 Å². The lowest BCUT2D eigenvalue weighted by Gasteiger charge is -2.04. The molecule has 15 heavy (non-hydrogen) atoms. The molecular formula is C9H12N6. The number of hydrogen-bond acceptors (Lipinski definition) is 5. The van der Waals surface area contributed by atoms with Crippen molar-refractivity contribution in [3.63, 3.8) is 0 Å². The van der Waals surface area contributed by atoms with Crippen LogP contribution in [0.3, 0.4) is 0 Å². The summed E-state index contributed by atoms with van der Waals surface area (Å²) in [4.78, 5) is 8.24. The maximum atomic E-state index is 4.22. The van der Waals surface area contributed by atoms with Gasteiger partial charge in [-0.2, -0.15) is 0 Å². The molecule has 0 aliphatic carbocycles. The Morgan fingerprint density at radius 2 is 2.33 bits per heavy atom. The van der Waals surface area contributed by atoms with Crippen LogP contribution in [0.25, 0.3) is 0 Å². The third kappa shape index (κ3) is 2.28. The van der Waals surface area contributed by atoms with Crippen LogP contribution in [0.5, 0.6) is 0 Å². The Kier molecular flexibility index (Phi) is 2.57. The van der Waals surface area contributed by atoms with Crippen molar-refractivity contribution in [2.45, 2.75) is 13.5 Å². The molecule has 0 fully saturated rings. The third-order valence-corrected chi connectivity index (χ3v) is 2.01. The van der Waals surface area contributed by atoms with Gasteiger partial charge in [-0.25, -0.2) is 9.97 Å². The summed E-state index contributed by atoms with van der Waals surface area (Å²) in [6, 6.07) is 1.82. The number of anilines is 1. The number of nitrogens with zero attached hydrogens (tertiary/aromatic N) is 5. The average molecular weight is 204 g/mol. The fourth-order valence-corrected chi connectivity index (χ4v) is 1.19. The van der Waals surface area contributed by atoms with Gasteiger partial charge in [0.1, 0.15) is 18.0 Å². The quantitative estimate of drug-likeness (QED) is 0.789. The Morgan fingerprint density at radius 1 is 1.47 bits per heavy atom. The summed E-state index contributed by atoms with van der Waals surface area (Å²) in [6.45, 7) is 2.46. The maximum absolute atomic E-state index is 4.22. The molecule has 0 aliphatic rings. The molecule has 0 atom stereocenters. The van der Waals surface area contributed by atoms with E-state index in [1.807, 2.05) is 24.6 Å². The van der Waals surface area contributed by atoms with Crippen LogP contribution in [0, 0.1) is 6.92 Å². The van der Waals surface area contributed by atoms with E-state index >= 15 is 0 Å². The Hall–Kier alpha value is -1.98. The maximum Gasteiger partial charge on any atom is 0.151 e. The topological polar surface area (TPSA) is 68.5 Å². The predicted octanol–water partition coefficient (Wildman–Crippen LogP) is 0.526. The van der Waals surface area contributed by atoms with Crippen molar-refractivity contribution in [2.24, 2.45) is 7.05 Å². The van der Waals surface area contributed by atoms with Crippen LogP contribution in [0.2, 0.25) is 0 Å². The first kappa shape index (κ1) is 9.57. The summed E-state index contributed by atoms with van der Waals surface area (Å²) in [5.74, 6) is 2.41. The van der Waals surface area contributed by atoms with Crippen molar-refractivity contribution in [3.05, 3.63) is 30.2 Å². The van der Waals surface area contributed by atoms with Crippen molar-refractivity contribution < 1.29 is 0 Å². The molecule has 2 rings (SSSR count). The Morgan fingerprint density at radius 3 is 3.00 bits per heavy atom. The fourth-order valence-electron chi connectivity index (χ4n) is 1.19. The molecule has 0 radical (unpaired) electrons. The molecule has 0 saturated carbocycles. The van der Waals surface area contributed by atoms with E-state index in [9.17, 15) is 0 Å². The predicted molar refractivity (Wildman–Crippen MR) is 55.1 cm³/mol. The third-order valence-electron chi connectivity index (χ3n) is 2.01. The molecule has 0 unspecified atom stereocenters. The SMILES string of the molecule is Cc1nccc(NCc2nncn2C)n1. The molecule has 2 aromatic rings. The van der Waals surface area contributed by atoms with E-state index in [1.165, 1.54) is 0 Å². The van der Waals surface area contributed by atoms with Crippen LogP contribution < -0.4 is 5.32 Å². The van der Waals surface area contributed by atoms with Gasteiger partial charge >= 0.3 is 0 Å². The monoisotopic (exact) mass is 204 g/mol. The van der Waals surface area contributed by atoms with Gasteiger partial charge in [0.05, 0.1) is 6.54 Å². The number of rotatable bonds is 3. The normalized spacial score (nSPS) is 10.3. The second-order valence-electron chi connectivity index (χ2n) is 3.20. The first-order valence-corrected chi connectivity index (χ1v) is 4.62. The van der Waals surface area contributed by atoms with Gasteiger partial charge in [-0.15, -0.1) is 10.2 Å². The second kappa shape index (κ2) is 4.04. The minimum absolute atomic E-state index is 0.604. The van der Waals surface area contributed by atoms with Crippen LogP contribution >= 0.6 is 0 Å². The molecule has 0 saturated heterocycles.